The molecule has 5 nitrogen and oxygen atoms in total. The SMILES string of the molecule is COc1cc(Nc2cccc3cn(C)nc23)ccc1-c1cnc(C)s1. The molecule has 2 heterocycles. The third-order valence-electron chi connectivity index (χ3n) is 4.02. The molecule has 0 aliphatic carbocycles. The molecule has 0 saturated heterocycles. The number of benzene rings is 2. The number of aryl methyl sites for hydroxylation is 2. The fourth-order valence-electron chi connectivity index (χ4n) is 2.88. The molecular formula is C19H18N4OS. The van der Waals surface area contributed by atoms with Gasteiger partial charge in [-0.15, -0.1) is 11.3 Å². The van der Waals surface area contributed by atoms with E-state index in [4.69, 9.17) is 4.74 Å². The van der Waals surface area contributed by atoms with E-state index >= 15 is 0 Å². The summed E-state index contributed by atoms with van der Waals surface area (Å²) in [7, 11) is 3.62. The van der Waals surface area contributed by atoms with Crippen LogP contribution in [0.5, 0.6) is 5.75 Å². The monoisotopic (exact) mass is 350 g/mol. The molecule has 6 heteroatoms. The van der Waals surface area contributed by atoms with Gasteiger partial charge in [0, 0.05) is 42.1 Å². The van der Waals surface area contributed by atoms with Crippen molar-refractivity contribution in [1.29, 1.82) is 0 Å². The van der Waals surface area contributed by atoms with Crippen molar-refractivity contribution >= 4 is 33.6 Å². The van der Waals surface area contributed by atoms with Gasteiger partial charge in [0.15, 0.2) is 0 Å². The molecule has 0 radical (unpaired) electrons. The van der Waals surface area contributed by atoms with Crippen LogP contribution in [0.4, 0.5) is 11.4 Å². The van der Waals surface area contributed by atoms with Gasteiger partial charge in [0.05, 0.1) is 22.7 Å². The van der Waals surface area contributed by atoms with Crippen LogP contribution >= 0.6 is 11.3 Å². The number of nitrogens with one attached hydrogen (secondary N) is 1. The van der Waals surface area contributed by atoms with Gasteiger partial charge in [-0.2, -0.15) is 5.10 Å². The highest BCUT2D eigenvalue weighted by atomic mass is 32.1. The zero-order chi connectivity index (χ0) is 17.4. The number of thiazole rings is 1. The van der Waals surface area contributed by atoms with Crippen LogP contribution in [0.1, 0.15) is 5.01 Å². The van der Waals surface area contributed by atoms with Crippen LogP contribution in [0.2, 0.25) is 0 Å². The fraction of sp³-hybridized carbons (Fsp3) is 0.158. The fourth-order valence-corrected chi connectivity index (χ4v) is 3.69. The third-order valence-corrected chi connectivity index (χ3v) is 4.96. The van der Waals surface area contributed by atoms with Crippen molar-refractivity contribution in [2.75, 3.05) is 12.4 Å². The summed E-state index contributed by atoms with van der Waals surface area (Å²) in [5.74, 6) is 0.821. The normalized spacial score (nSPS) is 11.0. The summed E-state index contributed by atoms with van der Waals surface area (Å²) in [6.07, 6.45) is 3.90. The predicted octanol–water partition coefficient (Wildman–Crippen LogP) is 4.76. The Morgan fingerprint density at radius 2 is 2.08 bits per heavy atom. The first-order valence-electron chi connectivity index (χ1n) is 7.94. The zero-order valence-electron chi connectivity index (χ0n) is 14.3. The zero-order valence-corrected chi connectivity index (χ0v) is 15.1. The molecule has 4 aromatic rings. The molecule has 0 bridgehead atoms. The average molecular weight is 350 g/mol. The van der Waals surface area contributed by atoms with Crippen LogP contribution in [0, 0.1) is 6.92 Å². The summed E-state index contributed by atoms with van der Waals surface area (Å²) in [6.45, 7) is 2.00. The Morgan fingerprint density at radius 1 is 1.20 bits per heavy atom. The highest BCUT2D eigenvalue weighted by molar-refractivity contribution is 7.15. The minimum absolute atomic E-state index is 0.821. The Bertz CT molecular complexity index is 1050. The quantitative estimate of drug-likeness (QED) is 0.577. The molecule has 0 unspecified atom stereocenters. The van der Waals surface area contributed by atoms with Crippen LogP contribution in [0.3, 0.4) is 0 Å². The third kappa shape index (κ3) is 2.96. The average Bonchev–Trinajstić information content (AvgIpc) is 3.20. The summed E-state index contributed by atoms with van der Waals surface area (Å²) < 4.78 is 7.42. The number of hydrogen-bond donors (Lipinski definition) is 1. The number of hydrogen-bond acceptors (Lipinski definition) is 5. The Balaban J connectivity index is 1.71. The van der Waals surface area contributed by atoms with Crippen LogP contribution in [0.25, 0.3) is 21.3 Å². The first kappa shape index (κ1) is 15.7. The van der Waals surface area contributed by atoms with Crippen molar-refractivity contribution in [3.8, 4) is 16.2 Å². The Hall–Kier alpha value is -2.86. The minimum atomic E-state index is 0.821. The molecule has 0 aliphatic rings. The Kier molecular flexibility index (Phi) is 3.89. The largest absolute Gasteiger partial charge is 0.496 e. The van der Waals surface area contributed by atoms with Crippen LogP contribution in [0.15, 0.2) is 48.8 Å². The Morgan fingerprint density at radius 3 is 2.84 bits per heavy atom. The predicted molar refractivity (Wildman–Crippen MR) is 103 cm³/mol. The van der Waals surface area contributed by atoms with Crippen molar-refractivity contribution in [3.63, 3.8) is 0 Å². The molecule has 0 fully saturated rings. The van der Waals surface area contributed by atoms with Gasteiger partial charge >= 0.3 is 0 Å². The standard InChI is InChI=1S/C19H18N4OS/c1-12-20-10-18(25-12)15-8-7-14(9-17(15)24-3)21-16-6-4-5-13-11-23(2)22-19(13)16/h4-11,21H,1-3H3. The molecule has 2 aromatic carbocycles. The van der Waals surface area contributed by atoms with Gasteiger partial charge in [0.2, 0.25) is 0 Å². The molecule has 1 N–H and O–H groups in total. The maximum atomic E-state index is 5.60. The topological polar surface area (TPSA) is 52.0 Å². The van der Waals surface area contributed by atoms with E-state index in [1.165, 1.54) is 0 Å². The first-order chi connectivity index (χ1) is 12.1. The molecule has 0 amide bonds. The van der Waals surface area contributed by atoms with E-state index in [2.05, 4.69) is 33.6 Å². The molecule has 126 valence electrons. The highest BCUT2D eigenvalue weighted by Crippen LogP contribution is 2.36. The molecule has 0 spiro atoms. The van der Waals surface area contributed by atoms with E-state index in [9.17, 15) is 0 Å². The van der Waals surface area contributed by atoms with Crippen LogP contribution < -0.4 is 10.1 Å². The molecular weight excluding hydrogens is 332 g/mol. The number of anilines is 2. The number of fused-ring (bicyclic) bond motifs is 1. The molecule has 4 rings (SSSR count). The number of aromatic nitrogens is 3. The van der Waals surface area contributed by atoms with Gasteiger partial charge in [-0.05, 0) is 25.1 Å². The van der Waals surface area contributed by atoms with E-state index in [-0.39, 0.29) is 0 Å². The smallest absolute Gasteiger partial charge is 0.129 e. The second-order valence-electron chi connectivity index (χ2n) is 5.83. The van der Waals surface area contributed by atoms with E-state index in [1.807, 2.05) is 49.2 Å². The van der Waals surface area contributed by atoms with Gasteiger partial charge in [-0.1, -0.05) is 12.1 Å². The lowest BCUT2D eigenvalue weighted by Gasteiger charge is -2.11. The summed E-state index contributed by atoms with van der Waals surface area (Å²) in [5.41, 5.74) is 3.93. The summed E-state index contributed by atoms with van der Waals surface area (Å²) >= 11 is 1.66. The van der Waals surface area contributed by atoms with Gasteiger partial charge in [-0.3, -0.25) is 4.68 Å². The summed E-state index contributed by atoms with van der Waals surface area (Å²) in [4.78, 5) is 5.44. The van der Waals surface area contributed by atoms with Crippen molar-refractivity contribution in [2.45, 2.75) is 6.92 Å². The molecule has 0 saturated carbocycles. The first-order valence-corrected chi connectivity index (χ1v) is 8.76. The summed E-state index contributed by atoms with van der Waals surface area (Å²) in [5, 5.41) is 10.1. The van der Waals surface area contributed by atoms with E-state index in [0.29, 0.717) is 0 Å². The van der Waals surface area contributed by atoms with Gasteiger partial charge < -0.3 is 10.1 Å². The van der Waals surface area contributed by atoms with Crippen LogP contribution in [-0.2, 0) is 7.05 Å². The Labute approximate surface area is 149 Å². The van der Waals surface area contributed by atoms with E-state index in [1.54, 1.807) is 18.4 Å². The van der Waals surface area contributed by atoms with Crippen molar-refractivity contribution in [2.24, 2.45) is 7.05 Å². The van der Waals surface area contributed by atoms with Crippen molar-refractivity contribution < 1.29 is 4.74 Å². The van der Waals surface area contributed by atoms with Gasteiger partial charge in [0.1, 0.15) is 11.3 Å². The van der Waals surface area contributed by atoms with E-state index < -0.39 is 0 Å². The maximum absolute atomic E-state index is 5.60. The van der Waals surface area contributed by atoms with Gasteiger partial charge in [-0.25, -0.2) is 4.98 Å². The number of nitrogens with zero attached hydrogens (tertiary/aromatic N) is 3. The summed E-state index contributed by atoms with van der Waals surface area (Å²) in [6, 6.07) is 12.2. The molecule has 2 aromatic heterocycles. The van der Waals surface area contributed by atoms with Crippen molar-refractivity contribution in [3.05, 3.63) is 53.8 Å². The lowest BCUT2D eigenvalue weighted by atomic mass is 10.1. The maximum Gasteiger partial charge on any atom is 0.129 e. The molecule has 0 aliphatic heterocycles. The molecule has 25 heavy (non-hydrogen) atoms. The lowest BCUT2D eigenvalue weighted by molar-refractivity contribution is 0.417. The number of ether oxygens (including phenoxy) is 1. The second-order valence-corrected chi connectivity index (χ2v) is 7.06. The van der Waals surface area contributed by atoms with Gasteiger partial charge in [0.25, 0.3) is 0 Å². The lowest BCUT2D eigenvalue weighted by Crippen LogP contribution is -1.94. The number of rotatable bonds is 4. The second kappa shape index (κ2) is 6.22. The van der Waals surface area contributed by atoms with Crippen molar-refractivity contribution in [1.82, 2.24) is 14.8 Å². The van der Waals surface area contributed by atoms with E-state index in [0.717, 1.165) is 43.5 Å². The highest BCUT2D eigenvalue weighted by Gasteiger charge is 2.11. The van der Waals surface area contributed by atoms with Crippen LogP contribution in [-0.4, -0.2) is 21.9 Å². The number of methoxy groups -OCH3 is 1. The minimum Gasteiger partial charge on any atom is -0.496 e. The molecule has 0 atom stereocenters.